The van der Waals surface area contributed by atoms with E-state index in [9.17, 15) is 51.1 Å². The highest BCUT2D eigenvalue weighted by Crippen LogP contribution is 2.35. The molecule has 33 heteroatoms. The van der Waals surface area contributed by atoms with Gasteiger partial charge in [-0.2, -0.15) is 4.98 Å². The number of pyridine rings is 6. The Morgan fingerprint density at radius 1 is 0.352 bits per heavy atom. The summed E-state index contributed by atoms with van der Waals surface area (Å²) in [6, 6.07) is 51.5. The number of halogens is 4. The second kappa shape index (κ2) is 42.3. The van der Waals surface area contributed by atoms with Crippen molar-refractivity contribution >= 4 is 96.5 Å². The Kier molecular flexibility index (Phi) is 29.3. The summed E-state index contributed by atoms with van der Waals surface area (Å²) in [7, 11) is 0. The van der Waals surface area contributed by atoms with Crippen LogP contribution in [0.25, 0.3) is 95.0 Å². The number of nitrogens with zero attached hydrogens (tertiary/aromatic N) is 18. The number of hydrogen-bond acceptors (Lipinski definition) is 17. The first kappa shape index (κ1) is 98.2. The molecule has 142 heavy (non-hydrogen) atoms. The van der Waals surface area contributed by atoms with Crippen LogP contribution in [-0.2, 0) is 0 Å². The Morgan fingerprint density at radius 3 is 1.00 bits per heavy atom. The second-order valence-corrected chi connectivity index (χ2v) is 38.0. The number of benzene rings is 4. The fourth-order valence-corrected chi connectivity index (χ4v) is 18.1. The number of rotatable bonds is 16. The zero-order chi connectivity index (χ0) is 99.7. The number of aromatic nitrogens is 13. The third kappa shape index (κ3) is 22.9. The first-order valence-corrected chi connectivity index (χ1v) is 48.2. The quantitative estimate of drug-likeness (QED) is 0.0757. The van der Waals surface area contributed by atoms with Crippen LogP contribution in [0.2, 0.25) is 0 Å². The largest absolute Gasteiger partial charge is 0.395 e. The summed E-state index contributed by atoms with van der Waals surface area (Å²) < 4.78 is 70.8. The molecule has 0 unspecified atom stereocenters. The monoisotopic (exact) mass is 1920 g/mol. The molecular formula is C109H114F4N20O9. The smallest absolute Gasteiger partial charge is 0.255 e. The molecule has 5 aliphatic rings. The lowest BCUT2D eigenvalue weighted by Gasteiger charge is -2.34. The average Bonchev–Trinajstić information content (AvgIpc) is 1.73. The highest BCUT2D eigenvalue weighted by atomic mass is 19.2. The molecule has 12 aromatic heterocycles. The molecule has 0 saturated carbocycles. The van der Waals surface area contributed by atoms with Crippen molar-refractivity contribution in [3.63, 3.8) is 0 Å². The second-order valence-electron chi connectivity index (χ2n) is 38.0. The third-order valence-corrected chi connectivity index (χ3v) is 26.8. The summed E-state index contributed by atoms with van der Waals surface area (Å²) >= 11 is 0. The number of alkyl halides is 4. The minimum Gasteiger partial charge on any atom is -0.395 e. The Bertz CT molecular complexity index is 7280. The predicted molar refractivity (Wildman–Crippen MR) is 536 cm³/mol. The van der Waals surface area contributed by atoms with Gasteiger partial charge in [0, 0.05) is 220 Å². The molecule has 5 fully saturated rings. The third-order valence-electron chi connectivity index (χ3n) is 26.8. The van der Waals surface area contributed by atoms with Gasteiger partial charge in [-0.3, -0.25) is 43.1 Å². The molecule has 21 rings (SSSR count). The summed E-state index contributed by atoms with van der Waals surface area (Å²) in [6.45, 7) is 19.9. The van der Waals surface area contributed by atoms with Crippen LogP contribution in [0.15, 0.2) is 243 Å². The van der Waals surface area contributed by atoms with Gasteiger partial charge in [0.05, 0.1) is 46.3 Å². The first-order valence-electron chi connectivity index (χ1n) is 48.2. The lowest BCUT2D eigenvalue weighted by atomic mass is 9.95. The zero-order valence-electron chi connectivity index (χ0n) is 80.8. The normalized spacial score (nSPS) is 15.9. The van der Waals surface area contributed by atoms with E-state index in [-0.39, 0.29) is 54.5 Å². The van der Waals surface area contributed by atoms with E-state index in [1.165, 1.54) is 12.0 Å². The Hall–Kier alpha value is -15.4. The van der Waals surface area contributed by atoms with E-state index < -0.39 is 22.7 Å². The SMILES string of the molecule is CC1(F)CCN(C(=O)c2cnc3c(ccn3-c3ccc(C(=O)NCCO)cc3)c2)CC1.CCNC(=O)c1ccc(-n2ccc3cc(C(=O)N4CCC(C)(F)CC4)cnc32)cc1.Cc1ccc(-n2ccc3cc(C(=O)N4CCC(C)(F)CC4)cnc32)cc1.Cc1cncc(-n2ccc3cc(C(=O)N4CCC(C)(F)CC4)cnc32)c1.Cc1nc(-c2cccc(-n3ccc4cc(C(=O)N5CCCCC5)cnc43)c2)no1. The van der Waals surface area contributed by atoms with E-state index in [4.69, 9.17) is 9.63 Å². The molecule has 732 valence electrons. The molecule has 7 amide bonds. The summed E-state index contributed by atoms with van der Waals surface area (Å²) in [5.41, 5.74) is 10.7. The minimum absolute atomic E-state index is 0.0707. The lowest BCUT2D eigenvalue weighted by molar-refractivity contribution is 0.0493. The van der Waals surface area contributed by atoms with Gasteiger partial charge < -0.3 is 63.0 Å². The summed E-state index contributed by atoms with van der Waals surface area (Å²) in [5, 5.41) is 22.6. The Balaban J connectivity index is 0.000000122. The van der Waals surface area contributed by atoms with Crippen LogP contribution in [-0.4, -0.2) is 242 Å². The number of aliphatic hydroxyl groups is 1. The van der Waals surface area contributed by atoms with Gasteiger partial charge in [0.25, 0.3) is 41.4 Å². The van der Waals surface area contributed by atoms with Crippen molar-refractivity contribution in [1.82, 2.24) is 98.0 Å². The van der Waals surface area contributed by atoms with E-state index in [2.05, 4.69) is 81.9 Å². The van der Waals surface area contributed by atoms with Crippen LogP contribution < -0.4 is 10.6 Å². The molecule has 0 spiro atoms. The maximum atomic E-state index is 14.0. The van der Waals surface area contributed by atoms with Crippen LogP contribution in [0.4, 0.5) is 17.6 Å². The number of aliphatic hydroxyl groups excluding tert-OH is 1. The number of fused-ring (bicyclic) bond motifs is 5. The van der Waals surface area contributed by atoms with Gasteiger partial charge in [-0.25, -0.2) is 42.5 Å². The molecule has 16 aromatic rings. The fraction of sp³-hybridized carbons (Fsp3) is 0.330. The maximum absolute atomic E-state index is 14.0. The topological polar surface area (TPSA) is 321 Å². The van der Waals surface area contributed by atoms with Gasteiger partial charge in [-0.15, -0.1) is 0 Å². The number of aryl methyl sites for hydroxylation is 3. The maximum Gasteiger partial charge on any atom is 0.255 e. The Morgan fingerprint density at radius 2 is 0.676 bits per heavy atom. The number of nitrogens with one attached hydrogen (secondary N) is 2. The number of amides is 7. The van der Waals surface area contributed by atoms with Crippen LogP contribution in [0, 0.1) is 20.8 Å². The molecule has 3 N–H and O–H groups in total. The van der Waals surface area contributed by atoms with Crippen LogP contribution in [0.1, 0.15) is 195 Å². The van der Waals surface area contributed by atoms with Gasteiger partial charge in [0.2, 0.25) is 11.7 Å². The van der Waals surface area contributed by atoms with Crippen LogP contribution >= 0.6 is 0 Å². The summed E-state index contributed by atoms with van der Waals surface area (Å²) in [4.78, 5) is 128. The van der Waals surface area contributed by atoms with Crippen LogP contribution in [0.5, 0.6) is 0 Å². The predicted octanol–water partition coefficient (Wildman–Crippen LogP) is 18.5. The highest BCUT2D eigenvalue weighted by molar-refractivity contribution is 6.02. The first-order chi connectivity index (χ1) is 68.3. The van der Waals surface area contributed by atoms with E-state index in [0.29, 0.717) is 167 Å². The van der Waals surface area contributed by atoms with Crippen molar-refractivity contribution in [1.29, 1.82) is 0 Å². The number of piperidine rings is 5. The number of likely N-dealkylation sites (tertiary alicyclic amines) is 5. The number of carbonyl (C=O) groups is 7. The van der Waals surface area contributed by atoms with Crippen molar-refractivity contribution < 1.29 is 60.8 Å². The molecule has 5 saturated heterocycles. The zero-order valence-corrected chi connectivity index (χ0v) is 80.8. The molecule has 4 aromatic carbocycles. The molecule has 0 radical (unpaired) electrons. The molecule has 17 heterocycles. The molecule has 0 atom stereocenters. The van der Waals surface area contributed by atoms with Gasteiger partial charge in [-0.05, 0) is 264 Å². The molecule has 0 aliphatic carbocycles. The number of hydrogen-bond donors (Lipinski definition) is 3. The van der Waals surface area contributed by atoms with Gasteiger partial charge in [0.15, 0.2) is 0 Å². The van der Waals surface area contributed by atoms with Crippen LogP contribution in [0.3, 0.4) is 0 Å². The fourth-order valence-electron chi connectivity index (χ4n) is 18.1. The summed E-state index contributed by atoms with van der Waals surface area (Å²) in [5.74, 6) is 0.417. The molecule has 0 bridgehead atoms. The van der Waals surface area contributed by atoms with Gasteiger partial charge in [0.1, 0.15) is 50.9 Å². The van der Waals surface area contributed by atoms with Gasteiger partial charge >= 0.3 is 0 Å². The molecular weight excluding hydrogens is 1810 g/mol. The minimum atomic E-state index is -1.20. The van der Waals surface area contributed by atoms with E-state index in [1.807, 2.05) is 182 Å². The van der Waals surface area contributed by atoms with Crippen molar-refractivity contribution in [2.45, 2.75) is 149 Å². The number of carbonyl (C=O) groups excluding carboxylic acids is 7. The van der Waals surface area contributed by atoms with E-state index in [0.717, 1.165) is 115 Å². The van der Waals surface area contributed by atoms with Crippen molar-refractivity contribution in [3.05, 3.63) is 294 Å². The standard InChI is InChI=1S/C23H25FN4O3.C23H25FN4O2.C22H21N5O2.C21H22FN3O.C20H21FN4O/c1-23(24)7-11-27(12-8-23)22(31)18-14-17-6-10-28(20(17)26-15-18)19-4-2-16(3-5-19)21(30)25-9-13-29;1-3-25-21(29)16-4-6-19(7-5-16)28-11-8-17-14-18(15-26-20(17)28)22(30)27-12-9-23(2,24)10-13-27;1-15-24-20(25-29-15)16-6-5-7-19(13-16)27-11-8-17-12-18(14-23-21(17)27)22(28)26-9-3-2-4-10-26;1-15-3-5-18(6-4-15)25-10-7-16-13-17(14-23-19(16)25)20(26)24-11-8-21(2,22)9-12-24;1-14-9-17(13-22-11-14)25-6-3-15-10-16(12-23-18(15)25)19(26)24-7-4-20(2,21)5-8-24/h2-6,10,14-15,29H,7-9,11-13H2,1H3,(H,25,30);4-8,11,14-15H,3,9-10,12-13H2,1-2H3,(H,25,29);5-8,11-14H,2-4,9-10H2,1H3;3-7,10,13-14H,8-9,11-12H2,1-2H3;3,6,9-13H,4-5,7-8H2,1-2H3. The highest BCUT2D eigenvalue weighted by Gasteiger charge is 2.37. The van der Waals surface area contributed by atoms with E-state index in [1.54, 1.807) is 128 Å². The molecule has 29 nitrogen and oxygen atoms in total. The Labute approximate surface area is 818 Å². The summed E-state index contributed by atoms with van der Waals surface area (Å²) in [6.07, 6.45) is 27.5. The van der Waals surface area contributed by atoms with Crippen molar-refractivity contribution in [3.8, 4) is 39.8 Å². The lowest BCUT2D eigenvalue weighted by Crippen LogP contribution is -2.43. The molecule has 5 aliphatic heterocycles. The van der Waals surface area contributed by atoms with Crippen molar-refractivity contribution in [2.75, 3.05) is 85.1 Å². The average molecular weight is 1920 g/mol. The van der Waals surface area contributed by atoms with Gasteiger partial charge in [-0.1, -0.05) is 35.0 Å². The van der Waals surface area contributed by atoms with E-state index >= 15 is 0 Å². The van der Waals surface area contributed by atoms with Crippen molar-refractivity contribution in [2.24, 2.45) is 0 Å².